The van der Waals surface area contributed by atoms with Crippen molar-refractivity contribution in [2.75, 3.05) is 6.61 Å². The quantitative estimate of drug-likeness (QED) is 0.191. The van der Waals surface area contributed by atoms with Crippen molar-refractivity contribution in [2.24, 2.45) is 5.92 Å². The van der Waals surface area contributed by atoms with Crippen LogP contribution in [0.15, 0.2) is 73.0 Å². The van der Waals surface area contributed by atoms with Crippen LogP contribution >= 0.6 is 0 Å². The molecule has 0 unspecified atom stereocenters. The molecule has 0 saturated heterocycles. The van der Waals surface area contributed by atoms with E-state index < -0.39 is 11.6 Å². The number of halogens is 2. The molecule has 0 bridgehead atoms. The van der Waals surface area contributed by atoms with Crippen molar-refractivity contribution < 1.29 is 18.3 Å². The molecule has 196 valence electrons. The second-order valence-electron chi connectivity index (χ2n) is 10.1. The average Bonchev–Trinajstić information content (AvgIpc) is 2.94. The molecule has 0 aromatic heterocycles. The van der Waals surface area contributed by atoms with Gasteiger partial charge in [0.25, 0.3) is 0 Å². The Labute approximate surface area is 220 Å². The summed E-state index contributed by atoms with van der Waals surface area (Å²) in [6.45, 7) is 4.37. The summed E-state index contributed by atoms with van der Waals surface area (Å²) in [6.07, 6.45) is 12.1. The Bertz CT molecular complexity index is 1140. The van der Waals surface area contributed by atoms with Crippen molar-refractivity contribution >= 4 is 0 Å². The highest BCUT2D eigenvalue weighted by molar-refractivity contribution is 5.64. The van der Waals surface area contributed by atoms with Gasteiger partial charge in [-0.15, -0.1) is 0 Å². The lowest BCUT2D eigenvalue weighted by atomic mass is 9.79. The van der Waals surface area contributed by atoms with Crippen molar-refractivity contribution in [3.8, 4) is 22.6 Å². The molecule has 0 heterocycles. The number of ether oxygens (including phenoxy) is 2. The summed E-state index contributed by atoms with van der Waals surface area (Å²) in [5.41, 5.74) is 5.31. The van der Waals surface area contributed by atoms with Gasteiger partial charge in [0.1, 0.15) is 0 Å². The zero-order valence-corrected chi connectivity index (χ0v) is 22.0. The molecule has 4 rings (SSSR count). The lowest BCUT2D eigenvalue weighted by Gasteiger charge is -2.29. The number of aryl methyl sites for hydroxylation is 1. The van der Waals surface area contributed by atoms with Crippen LogP contribution in [0.5, 0.6) is 11.5 Å². The van der Waals surface area contributed by atoms with E-state index in [0.29, 0.717) is 18.4 Å². The molecule has 0 radical (unpaired) electrons. The Morgan fingerprint density at radius 1 is 0.784 bits per heavy atom. The summed E-state index contributed by atoms with van der Waals surface area (Å²) < 4.78 is 39.3. The van der Waals surface area contributed by atoms with Crippen molar-refractivity contribution in [1.82, 2.24) is 0 Å². The minimum atomic E-state index is -1.02. The van der Waals surface area contributed by atoms with E-state index in [1.165, 1.54) is 59.9 Å². The summed E-state index contributed by atoms with van der Waals surface area (Å²) >= 11 is 0. The van der Waals surface area contributed by atoms with Crippen LogP contribution in [0, 0.1) is 17.6 Å². The van der Waals surface area contributed by atoms with Gasteiger partial charge < -0.3 is 9.47 Å². The monoisotopic (exact) mass is 504 g/mol. The van der Waals surface area contributed by atoms with Crippen LogP contribution in [0.4, 0.5) is 8.78 Å². The van der Waals surface area contributed by atoms with Crippen molar-refractivity contribution in [3.63, 3.8) is 0 Å². The van der Waals surface area contributed by atoms with E-state index in [1.807, 2.05) is 0 Å². The molecular weight excluding hydrogens is 466 g/mol. The third kappa shape index (κ3) is 7.21. The van der Waals surface area contributed by atoms with E-state index in [1.54, 1.807) is 13.0 Å². The van der Waals surface area contributed by atoms with Gasteiger partial charge in [-0.1, -0.05) is 74.4 Å². The fraction of sp³-hybridized carbons (Fsp3) is 0.394. The van der Waals surface area contributed by atoms with E-state index >= 15 is 0 Å². The molecule has 3 aromatic carbocycles. The maximum Gasteiger partial charge on any atom is 0.205 e. The molecule has 0 amide bonds. The Morgan fingerprint density at radius 2 is 1.41 bits per heavy atom. The number of hydrogen-bond acceptors (Lipinski definition) is 2. The van der Waals surface area contributed by atoms with Gasteiger partial charge in [-0.05, 0) is 91.7 Å². The molecule has 1 fully saturated rings. The number of benzene rings is 3. The minimum absolute atomic E-state index is 0.0583. The molecule has 2 nitrogen and oxygen atoms in total. The summed E-state index contributed by atoms with van der Waals surface area (Å²) in [5, 5.41) is 0. The molecule has 3 aromatic rings. The van der Waals surface area contributed by atoms with Gasteiger partial charge >= 0.3 is 0 Å². The van der Waals surface area contributed by atoms with E-state index in [4.69, 9.17) is 9.47 Å². The van der Waals surface area contributed by atoms with Gasteiger partial charge in [0.05, 0.1) is 12.9 Å². The Hall–Kier alpha value is -3.14. The van der Waals surface area contributed by atoms with Crippen LogP contribution in [0.1, 0.15) is 75.8 Å². The van der Waals surface area contributed by atoms with Crippen LogP contribution in [-0.2, 0) is 6.42 Å². The van der Waals surface area contributed by atoms with Gasteiger partial charge in [-0.25, -0.2) is 0 Å². The van der Waals surface area contributed by atoms with E-state index in [0.717, 1.165) is 32.1 Å². The van der Waals surface area contributed by atoms with E-state index in [9.17, 15) is 8.78 Å². The number of unbranched alkanes of at least 4 members (excludes halogenated alkanes) is 2. The Balaban J connectivity index is 1.26. The Kier molecular flexibility index (Phi) is 9.76. The zero-order chi connectivity index (χ0) is 26.0. The van der Waals surface area contributed by atoms with Crippen molar-refractivity contribution in [3.05, 3.63) is 95.8 Å². The highest BCUT2D eigenvalue weighted by atomic mass is 19.2. The highest BCUT2D eigenvalue weighted by Gasteiger charge is 2.24. The third-order valence-corrected chi connectivity index (χ3v) is 7.40. The number of hydrogen-bond donors (Lipinski definition) is 0. The first-order valence-corrected chi connectivity index (χ1v) is 13.7. The van der Waals surface area contributed by atoms with Gasteiger partial charge in [0, 0.05) is 0 Å². The van der Waals surface area contributed by atoms with E-state index in [2.05, 4.69) is 55.5 Å². The van der Waals surface area contributed by atoms with E-state index in [-0.39, 0.29) is 11.5 Å². The van der Waals surface area contributed by atoms with Crippen LogP contribution in [0.25, 0.3) is 11.1 Å². The molecule has 37 heavy (non-hydrogen) atoms. The normalized spacial score (nSPS) is 17.7. The van der Waals surface area contributed by atoms with Crippen LogP contribution in [0.2, 0.25) is 0 Å². The van der Waals surface area contributed by atoms with Crippen LogP contribution in [-0.4, -0.2) is 6.61 Å². The molecule has 0 aliphatic heterocycles. The lowest BCUT2D eigenvalue weighted by molar-refractivity contribution is 0.192. The van der Waals surface area contributed by atoms with Crippen molar-refractivity contribution in [2.45, 2.75) is 71.1 Å². The topological polar surface area (TPSA) is 18.5 Å². The zero-order valence-electron chi connectivity index (χ0n) is 22.0. The van der Waals surface area contributed by atoms with Gasteiger partial charge in [-0.2, -0.15) is 8.78 Å². The smallest absolute Gasteiger partial charge is 0.205 e. The molecule has 0 N–H and O–H groups in total. The third-order valence-electron chi connectivity index (χ3n) is 7.40. The van der Waals surface area contributed by atoms with Gasteiger partial charge in [0.15, 0.2) is 11.5 Å². The fourth-order valence-corrected chi connectivity index (χ4v) is 5.12. The summed E-state index contributed by atoms with van der Waals surface area (Å²) in [6, 6.07) is 20.8. The largest absolute Gasteiger partial charge is 0.490 e. The first-order valence-electron chi connectivity index (χ1n) is 13.7. The molecule has 0 spiro atoms. The first kappa shape index (κ1) is 26.9. The minimum Gasteiger partial charge on any atom is -0.490 e. The van der Waals surface area contributed by atoms with Gasteiger partial charge in [0.2, 0.25) is 11.6 Å². The second kappa shape index (κ2) is 13.4. The Morgan fingerprint density at radius 3 is 2.05 bits per heavy atom. The predicted octanol–water partition coefficient (Wildman–Crippen LogP) is 9.63. The molecular formula is C33H38F2O2. The highest BCUT2D eigenvalue weighted by Crippen LogP contribution is 2.37. The molecule has 0 atom stereocenters. The lowest BCUT2D eigenvalue weighted by Crippen LogP contribution is -2.19. The standard InChI is InChI=1S/C33H38F2O2/c1-3-5-6-7-24-8-12-26(13-9-24)28-16-18-29(19-17-28)27-14-10-25(11-15-27)23-37-31-21-20-30(36-22-4-2)32(34)33(31)35/h4,8-9,12-13,16-22,25,27H,3,5-7,10-11,14-15,23H2,1-2H3/b22-4+. The summed E-state index contributed by atoms with van der Waals surface area (Å²) in [5.74, 6) is -1.35. The molecule has 1 aliphatic rings. The maximum absolute atomic E-state index is 14.4. The first-order chi connectivity index (χ1) is 18.1. The SMILES string of the molecule is C/C=C/Oc1ccc(OCC2CCC(c3ccc(-c4ccc(CCCCC)cc4)cc3)CC2)c(F)c1F. The number of rotatable bonds is 11. The van der Waals surface area contributed by atoms with Crippen LogP contribution < -0.4 is 9.47 Å². The predicted molar refractivity (Wildman–Crippen MR) is 147 cm³/mol. The molecule has 4 heteroatoms. The van der Waals surface area contributed by atoms with Gasteiger partial charge in [-0.3, -0.25) is 0 Å². The average molecular weight is 505 g/mol. The second-order valence-corrected chi connectivity index (χ2v) is 10.1. The maximum atomic E-state index is 14.4. The van der Waals surface area contributed by atoms with Crippen molar-refractivity contribution in [1.29, 1.82) is 0 Å². The summed E-state index contributed by atoms with van der Waals surface area (Å²) in [4.78, 5) is 0. The molecule has 1 saturated carbocycles. The van der Waals surface area contributed by atoms with Crippen LogP contribution in [0.3, 0.4) is 0 Å². The summed E-state index contributed by atoms with van der Waals surface area (Å²) in [7, 11) is 0. The molecule has 1 aliphatic carbocycles. The fourth-order valence-electron chi connectivity index (χ4n) is 5.12. The number of allylic oxidation sites excluding steroid dienone is 1.